The van der Waals surface area contributed by atoms with E-state index in [1.165, 1.54) is 14.2 Å². The molecule has 1 aliphatic rings. The number of imidazole rings is 1. The molecule has 1 aromatic heterocycles. The van der Waals surface area contributed by atoms with Crippen molar-refractivity contribution in [1.29, 1.82) is 0 Å². The second-order valence-corrected chi connectivity index (χ2v) is 14.9. The number of fused-ring (bicyclic) bond motifs is 2. The van der Waals surface area contributed by atoms with Crippen molar-refractivity contribution in [2.24, 2.45) is 0 Å². The third-order valence-electron chi connectivity index (χ3n) is 7.90. The minimum absolute atomic E-state index is 0.0637. The number of aromatic nitrogens is 2. The smallest absolute Gasteiger partial charge is 0.339 e. The molecule has 0 bridgehead atoms. The van der Waals surface area contributed by atoms with E-state index >= 15 is 0 Å². The zero-order valence-electron chi connectivity index (χ0n) is 27.2. The van der Waals surface area contributed by atoms with Gasteiger partial charge in [-0.3, -0.25) is 9.11 Å². The molecular weight excluding hydrogens is 723 g/mol. The summed E-state index contributed by atoms with van der Waals surface area (Å²) in [4.78, 5) is 28.7. The molecule has 3 aromatic rings. The summed E-state index contributed by atoms with van der Waals surface area (Å²) in [5.41, 5.74) is 2.74. The third-order valence-corrected chi connectivity index (χ3v) is 10.1. The van der Waals surface area contributed by atoms with Crippen LogP contribution in [0.2, 0.25) is 10.0 Å². The van der Waals surface area contributed by atoms with Gasteiger partial charge in [0.1, 0.15) is 5.82 Å². The Morgan fingerprint density at radius 2 is 1.41 bits per heavy atom. The standard InChI is InChI=1S/C31H36Cl2N4O10S2/c1-5-34-26-18-22(32)20(30(38)46-3)16-24(26)36(12-8-14-48(40,41)42)28(34)10-7-11-29-35(6-2)27-19-23(33)21(31(39)47-4)17-25(27)37(29)13-9-15-49(43,44)45/h7,10-11,16-19H,5-6,8-9,12-15H2,1-4H3,(H-,40,41,42,43,44,45)/p+1. The predicted octanol–water partition coefficient (Wildman–Crippen LogP) is 4.59. The molecule has 0 radical (unpaired) electrons. The van der Waals surface area contributed by atoms with Crippen LogP contribution in [0.25, 0.3) is 17.1 Å². The number of aryl methyl sites for hydroxylation is 2. The van der Waals surface area contributed by atoms with E-state index in [4.69, 9.17) is 32.7 Å². The molecule has 49 heavy (non-hydrogen) atoms. The lowest BCUT2D eigenvalue weighted by molar-refractivity contribution is -0.673. The highest BCUT2D eigenvalue weighted by molar-refractivity contribution is 7.86. The number of hydrogen-bond donors (Lipinski definition) is 2. The first-order chi connectivity index (χ1) is 23.0. The molecule has 0 amide bonds. The number of esters is 2. The number of nitrogens with zero attached hydrogens (tertiary/aromatic N) is 4. The van der Waals surface area contributed by atoms with E-state index in [2.05, 4.69) is 0 Å². The number of ether oxygens (including phenoxy) is 2. The Kier molecular flexibility index (Phi) is 12.0. The molecule has 1 aliphatic heterocycles. The van der Waals surface area contributed by atoms with Crippen LogP contribution in [-0.2, 0) is 42.8 Å². The number of methoxy groups -OCH3 is 2. The Morgan fingerprint density at radius 3 is 1.98 bits per heavy atom. The largest absolute Gasteiger partial charge is 0.465 e. The molecule has 2 heterocycles. The summed E-state index contributed by atoms with van der Waals surface area (Å²) in [5, 5.41) is 0.337. The van der Waals surface area contributed by atoms with Gasteiger partial charge >= 0.3 is 11.9 Å². The fourth-order valence-corrected chi connectivity index (χ4v) is 7.27. The van der Waals surface area contributed by atoms with Gasteiger partial charge in [0.25, 0.3) is 26.1 Å². The molecule has 266 valence electrons. The van der Waals surface area contributed by atoms with Crippen molar-refractivity contribution in [3.8, 4) is 0 Å². The molecule has 0 saturated carbocycles. The van der Waals surface area contributed by atoms with Crippen LogP contribution in [0.5, 0.6) is 0 Å². The summed E-state index contributed by atoms with van der Waals surface area (Å²) in [6, 6.07) is 6.41. The molecule has 2 aromatic carbocycles. The number of carbonyl (C=O) groups is 2. The maximum absolute atomic E-state index is 12.5. The molecular formula is C31H37Cl2N4O10S2+. The first kappa shape index (κ1) is 38.1. The van der Waals surface area contributed by atoms with Gasteiger partial charge in [0.05, 0.1) is 71.4 Å². The van der Waals surface area contributed by atoms with Crippen LogP contribution in [0.4, 0.5) is 11.4 Å². The van der Waals surface area contributed by atoms with Crippen molar-refractivity contribution >= 4 is 83.9 Å². The Balaban J connectivity index is 1.87. The fourth-order valence-electron chi connectivity index (χ4n) is 5.81. The molecule has 2 N–H and O–H groups in total. The zero-order valence-corrected chi connectivity index (χ0v) is 30.4. The molecule has 0 spiro atoms. The summed E-state index contributed by atoms with van der Waals surface area (Å²) < 4.78 is 78.4. The molecule has 0 saturated heterocycles. The van der Waals surface area contributed by atoms with Crippen LogP contribution in [0.1, 0.15) is 53.2 Å². The van der Waals surface area contributed by atoms with Crippen molar-refractivity contribution in [3.05, 3.63) is 69.2 Å². The van der Waals surface area contributed by atoms with Crippen molar-refractivity contribution in [2.45, 2.75) is 39.8 Å². The van der Waals surface area contributed by atoms with E-state index in [1.807, 2.05) is 32.8 Å². The normalized spacial score (nSPS) is 14.3. The lowest BCUT2D eigenvalue weighted by atomic mass is 10.1. The van der Waals surface area contributed by atoms with E-state index in [0.29, 0.717) is 47.1 Å². The minimum Gasteiger partial charge on any atom is -0.465 e. The molecule has 0 atom stereocenters. The molecule has 0 aliphatic carbocycles. The summed E-state index contributed by atoms with van der Waals surface area (Å²) >= 11 is 12.9. The van der Waals surface area contributed by atoms with E-state index in [9.17, 15) is 35.5 Å². The first-order valence-electron chi connectivity index (χ1n) is 15.1. The summed E-state index contributed by atoms with van der Waals surface area (Å²) in [7, 11) is -6.00. The quantitative estimate of drug-likeness (QED) is 0.133. The molecule has 0 fully saturated rings. The maximum atomic E-state index is 12.5. The van der Waals surface area contributed by atoms with Gasteiger partial charge in [0, 0.05) is 37.7 Å². The van der Waals surface area contributed by atoms with E-state index in [0.717, 1.165) is 0 Å². The maximum Gasteiger partial charge on any atom is 0.339 e. The second-order valence-electron chi connectivity index (χ2n) is 10.9. The summed E-state index contributed by atoms with van der Waals surface area (Å²) in [6.45, 7) is 5.07. The van der Waals surface area contributed by atoms with Crippen molar-refractivity contribution in [1.82, 2.24) is 4.57 Å². The number of allylic oxidation sites excluding steroid dienone is 2. The van der Waals surface area contributed by atoms with Gasteiger partial charge in [-0.2, -0.15) is 16.8 Å². The Bertz CT molecular complexity index is 2060. The van der Waals surface area contributed by atoms with Crippen molar-refractivity contribution < 1.29 is 49.6 Å². The number of halogens is 2. The summed E-state index contributed by atoms with van der Waals surface area (Å²) in [5.74, 6) is -1.02. The Hall–Kier alpha value is -3.67. The number of anilines is 2. The lowest BCUT2D eigenvalue weighted by Gasteiger charge is -2.24. The van der Waals surface area contributed by atoms with Crippen LogP contribution in [0, 0.1) is 0 Å². The van der Waals surface area contributed by atoms with Crippen molar-refractivity contribution in [2.75, 3.05) is 48.6 Å². The molecule has 4 rings (SSSR count). The van der Waals surface area contributed by atoms with E-state index in [-0.39, 0.29) is 47.1 Å². The van der Waals surface area contributed by atoms with Crippen molar-refractivity contribution in [3.63, 3.8) is 0 Å². The zero-order chi connectivity index (χ0) is 36.3. The molecule has 14 nitrogen and oxygen atoms in total. The Labute approximate surface area is 294 Å². The predicted molar refractivity (Wildman–Crippen MR) is 186 cm³/mol. The van der Waals surface area contributed by atoms with E-state index in [1.54, 1.807) is 42.5 Å². The fraction of sp³-hybridized carbons (Fsp3) is 0.387. The highest BCUT2D eigenvalue weighted by atomic mass is 35.5. The first-order valence-corrected chi connectivity index (χ1v) is 19.1. The Morgan fingerprint density at radius 1 is 0.837 bits per heavy atom. The summed E-state index contributed by atoms with van der Waals surface area (Å²) in [6.07, 6.45) is 5.46. The van der Waals surface area contributed by atoms with Crippen LogP contribution in [0.15, 0.2) is 42.2 Å². The SMILES string of the molecule is CCN1C(=C/C=C\c2n(CC)c3cc(Cl)c(C(=O)OC)cc3[n+]2CCCS(=O)(=O)O)N(CCCS(=O)(=O)O)c2cc(C(=O)OC)c(Cl)cc21. The van der Waals surface area contributed by atoms with Gasteiger partial charge in [0.2, 0.25) is 0 Å². The number of carbonyl (C=O) groups excluding carboxylic acids is 2. The monoisotopic (exact) mass is 759 g/mol. The van der Waals surface area contributed by atoms with Crippen LogP contribution in [-0.4, -0.2) is 81.3 Å². The van der Waals surface area contributed by atoms with Crippen LogP contribution in [0.3, 0.4) is 0 Å². The van der Waals surface area contributed by atoms with Gasteiger partial charge in [-0.15, -0.1) is 0 Å². The highest BCUT2D eigenvalue weighted by Crippen LogP contribution is 2.44. The molecule has 0 unspecified atom stereocenters. The lowest BCUT2D eigenvalue weighted by Crippen LogP contribution is -2.37. The van der Waals surface area contributed by atoms with E-state index < -0.39 is 43.7 Å². The second kappa shape index (κ2) is 15.5. The average Bonchev–Trinajstić information content (AvgIpc) is 3.47. The van der Waals surface area contributed by atoms with Gasteiger partial charge in [-0.05, 0) is 38.5 Å². The highest BCUT2D eigenvalue weighted by Gasteiger charge is 2.33. The topological polar surface area (TPSA) is 177 Å². The number of benzene rings is 2. The third kappa shape index (κ3) is 8.56. The molecule has 18 heteroatoms. The van der Waals surface area contributed by atoms with Crippen LogP contribution >= 0.6 is 23.2 Å². The van der Waals surface area contributed by atoms with Crippen LogP contribution < -0.4 is 14.4 Å². The minimum atomic E-state index is -4.24. The van der Waals surface area contributed by atoms with Gasteiger partial charge in [-0.1, -0.05) is 29.3 Å². The number of rotatable bonds is 14. The van der Waals surface area contributed by atoms with Gasteiger partial charge in [-0.25, -0.2) is 18.7 Å². The number of hydrogen-bond acceptors (Lipinski definition) is 10. The average molecular weight is 761 g/mol. The van der Waals surface area contributed by atoms with Gasteiger partial charge < -0.3 is 19.3 Å². The van der Waals surface area contributed by atoms with Gasteiger partial charge in [0.15, 0.2) is 11.0 Å².